The molecule has 0 amide bonds. The van der Waals surface area contributed by atoms with E-state index < -0.39 is 0 Å². The molecule has 3 rings (SSSR count). The van der Waals surface area contributed by atoms with Crippen LogP contribution in [-0.4, -0.2) is 7.11 Å². The summed E-state index contributed by atoms with van der Waals surface area (Å²) < 4.78 is 5.34. The molecule has 0 saturated heterocycles. The van der Waals surface area contributed by atoms with Crippen LogP contribution in [0.25, 0.3) is 0 Å². The van der Waals surface area contributed by atoms with Gasteiger partial charge in [-0.2, -0.15) is 0 Å². The first-order valence-corrected chi connectivity index (χ1v) is 7.68. The van der Waals surface area contributed by atoms with Gasteiger partial charge in [0, 0.05) is 12.0 Å². The van der Waals surface area contributed by atoms with Crippen LogP contribution in [0.4, 0.5) is 0 Å². The number of rotatable bonds is 3. The summed E-state index contributed by atoms with van der Waals surface area (Å²) in [4.78, 5) is 0. The monoisotopic (exact) mass is 281 g/mol. The number of hydrogen-bond acceptors (Lipinski definition) is 2. The quantitative estimate of drug-likeness (QED) is 0.918. The van der Waals surface area contributed by atoms with E-state index in [0.29, 0.717) is 5.92 Å². The van der Waals surface area contributed by atoms with Gasteiger partial charge in [0.1, 0.15) is 5.75 Å². The highest BCUT2D eigenvalue weighted by molar-refractivity contribution is 5.40. The van der Waals surface area contributed by atoms with Gasteiger partial charge in [-0.05, 0) is 54.5 Å². The summed E-state index contributed by atoms with van der Waals surface area (Å²) in [5, 5.41) is 0. The number of fused-ring (bicyclic) bond motifs is 1. The van der Waals surface area contributed by atoms with Crippen LogP contribution in [0.3, 0.4) is 0 Å². The summed E-state index contributed by atoms with van der Waals surface area (Å²) in [6.45, 7) is 2.07. The van der Waals surface area contributed by atoms with E-state index in [-0.39, 0.29) is 6.04 Å². The maximum Gasteiger partial charge on any atom is 0.121 e. The summed E-state index contributed by atoms with van der Waals surface area (Å²) in [6.07, 6.45) is 3.58. The Kier molecular flexibility index (Phi) is 3.98. The van der Waals surface area contributed by atoms with Crippen LogP contribution in [0.2, 0.25) is 0 Å². The van der Waals surface area contributed by atoms with Crippen LogP contribution < -0.4 is 10.5 Å². The van der Waals surface area contributed by atoms with Crippen molar-refractivity contribution in [3.05, 3.63) is 64.7 Å². The molecule has 2 aromatic rings. The standard InChI is InChI=1S/C19H23NO/c1-13-12-15(10-11-18(13)21-2)19(20)17-9-5-7-14-6-3-4-8-16(14)17/h3-4,6,8,10-12,17,19H,5,7,9,20H2,1-2H3. The van der Waals surface area contributed by atoms with E-state index in [1.807, 2.05) is 6.07 Å². The molecule has 0 bridgehead atoms. The van der Waals surface area contributed by atoms with Crippen molar-refractivity contribution in [2.24, 2.45) is 5.73 Å². The van der Waals surface area contributed by atoms with Crippen molar-refractivity contribution in [3.8, 4) is 5.75 Å². The Labute approximate surface area is 126 Å². The molecule has 0 aromatic heterocycles. The molecule has 2 nitrogen and oxygen atoms in total. The average Bonchev–Trinajstić information content (AvgIpc) is 2.53. The highest BCUT2D eigenvalue weighted by Gasteiger charge is 2.26. The fourth-order valence-electron chi connectivity index (χ4n) is 3.51. The highest BCUT2D eigenvalue weighted by Crippen LogP contribution is 2.39. The zero-order valence-corrected chi connectivity index (χ0v) is 12.8. The molecule has 0 radical (unpaired) electrons. The minimum absolute atomic E-state index is 0.0519. The molecule has 21 heavy (non-hydrogen) atoms. The first-order valence-electron chi connectivity index (χ1n) is 7.68. The van der Waals surface area contributed by atoms with Gasteiger partial charge in [-0.15, -0.1) is 0 Å². The summed E-state index contributed by atoms with van der Waals surface area (Å²) in [5.41, 5.74) is 11.9. The lowest BCUT2D eigenvalue weighted by molar-refractivity contribution is 0.410. The van der Waals surface area contributed by atoms with Gasteiger partial charge in [0.2, 0.25) is 0 Å². The molecule has 110 valence electrons. The van der Waals surface area contributed by atoms with Gasteiger partial charge in [0.25, 0.3) is 0 Å². The van der Waals surface area contributed by atoms with Crippen molar-refractivity contribution in [2.45, 2.75) is 38.1 Å². The predicted molar refractivity (Wildman–Crippen MR) is 86.8 cm³/mol. The molecular weight excluding hydrogens is 258 g/mol. The second-order valence-electron chi connectivity index (χ2n) is 5.95. The molecule has 0 aliphatic heterocycles. The van der Waals surface area contributed by atoms with Gasteiger partial charge in [-0.25, -0.2) is 0 Å². The van der Waals surface area contributed by atoms with Crippen molar-refractivity contribution in [3.63, 3.8) is 0 Å². The van der Waals surface area contributed by atoms with Crippen LogP contribution in [0.1, 0.15) is 47.1 Å². The lowest BCUT2D eigenvalue weighted by Crippen LogP contribution is -2.23. The molecule has 1 aliphatic carbocycles. The molecule has 1 aliphatic rings. The Bertz CT molecular complexity index is 635. The molecule has 2 atom stereocenters. The Morgan fingerprint density at radius 1 is 1.19 bits per heavy atom. The number of ether oxygens (including phenoxy) is 1. The zero-order valence-electron chi connectivity index (χ0n) is 12.8. The minimum atomic E-state index is 0.0519. The third-order valence-electron chi connectivity index (χ3n) is 4.65. The second kappa shape index (κ2) is 5.90. The second-order valence-corrected chi connectivity index (χ2v) is 5.95. The normalized spacial score (nSPS) is 18.9. The number of benzene rings is 2. The van der Waals surface area contributed by atoms with Crippen molar-refractivity contribution < 1.29 is 4.74 Å². The predicted octanol–water partition coefficient (Wildman–Crippen LogP) is 4.12. The average molecular weight is 281 g/mol. The summed E-state index contributed by atoms with van der Waals surface area (Å²) in [7, 11) is 1.71. The van der Waals surface area contributed by atoms with Crippen molar-refractivity contribution >= 4 is 0 Å². The third-order valence-corrected chi connectivity index (χ3v) is 4.65. The lowest BCUT2D eigenvalue weighted by Gasteiger charge is -2.30. The number of hydrogen-bond donors (Lipinski definition) is 1. The van der Waals surface area contributed by atoms with E-state index in [1.54, 1.807) is 7.11 Å². The van der Waals surface area contributed by atoms with E-state index >= 15 is 0 Å². The van der Waals surface area contributed by atoms with E-state index in [1.165, 1.54) is 36.0 Å². The van der Waals surface area contributed by atoms with E-state index in [9.17, 15) is 0 Å². The van der Waals surface area contributed by atoms with Crippen LogP contribution >= 0.6 is 0 Å². The molecule has 0 heterocycles. The van der Waals surface area contributed by atoms with Gasteiger partial charge in [0.05, 0.1) is 7.11 Å². The maximum atomic E-state index is 6.60. The van der Waals surface area contributed by atoms with Crippen LogP contribution in [0, 0.1) is 6.92 Å². The maximum absolute atomic E-state index is 6.60. The summed E-state index contributed by atoms with van der Waals surface area (Å²) in [6, 6.07) is 15.1. The summed E-state index contributed by atoms with van der Waals surface area (Å²) >= 11 is 0. The Morgan fingerprint density at radius 2 is 2.00 bits per heavy atom. The van der Waals surface area contributed by atoms with Crippen molar-refractivity contribution in [1.29, 1.82) is 0 Å². The molecule has 2 N–H and O–H groups in total. The molecule has 0 spiro atoms. The van der Waals surface area contributed by atoms with E-state index in [2.05, 4.69) is 43.3 Å². The SMILES string of the molecule is COc1ccc(C(N)C2CCCc3ccccc32)cc1C. The number of nitrogens with two attached hydrogens (primary N) is 1. The van der Waals surface area contributed by atoms with E-state index in [0.717, 1.165) is 11.3 Å². The Morgan fingerprint density at radius 3 is 2.76 bits per heavy atom. The van der Waals surface area contributed by atoms with Crippen LogP contribution in [0.5, 0.6) is 5.75 Å². The first-order chi connectivity index (χ1) is 10.2. The van der Waals surface area contributed by atoms with Crippen molar-refractivity contribution in [1.82, 2.24) is 0 Å². The van der Waals surface area contributed by atoms with Crippen LogP contribution in [0.15, 0.2) is 42.5 Å². The zero-order chi connectivity index (χ0) is 14.8. The number of methoxy groups -OCH3 is 1. The fraction of sp³-hybridized carbons (Fsp3) is 0.368. The van der Waals surface area contributed by atoms with E-state index in [4.69, 9.17) is 10.5 Å². The molecule has 2 unspecified atom stereocenters. The topological polar surface area (TPSA) is 35.2 Å². The molecule has 0 fully saturated rings. The largest absolute Gasteiger partial charge is 0.496 e. The van der Waals surface area contributed by atoms with Gasteiger partial charge < -0.3 is 10.5 Å². The Balaban J connectivity index is 1.92. The van der Waals surface area contributed by atoms with Crippen LogP contribution in [-0.2, 0) is 6.42 Å². The third kappa shape index (κ3) is 2.68. The smallest absolute Gasteiger partial charge is 0.121 e. The number of aryl methyl sites for hydroxylation is 2. The minimum Gasteiger partial charge on any atom is -0.496 e. The Hall–Kier alpha value is -1.80. The molecule has 0 saturated carbocycles. The molecular formula is C19H23NO. The molecule has 2 heteroatoms. The van der Waals surface area contributed by atoms with Gasteiger partial charge in [0.15, 0.2) is 0 Å². The molecule has 2 aromatic carbocycles. The highest BCUT2D eigenvalue weighted by atomic mass is 16.5. The van der Waals surface area contributed by atoms with Gasteiger partial charge in [-0.3, -0.25) is 0 Å². The van der Waals surface area contributed by atoms with Gasteiger partial charge >= 0.3 is 0 Å². The van der Waals surface area contributed by atoms with Gasteiger partial charge in [-0.1, -0.05) is 36.4 Å². The fourth-order valence-corrected chi connectivity index (χ4v) is 3.51. The first kappa shape index (κ1) is 14.2. The summed E-state index contributed by atoms with van der Waals surface area (Å²) in [5.74, 6) is 1.35. The van der Waals surface area contributed by atoms with Crippen molar-refractivity contribution in [2.75, 3.05) is 7.11 Å². The lowest BCUT2D eigenvalue weighted by atomic mass is 9.77.